The molecule has 0 spiro atoms. The van der Waals surface area contributed by atoms with Gasteiger partial charge >= 0.3 is 11.7 Å². The van der Waals surface area contributed by atoms with Gasteiger partial charge in [0.05, 0.1) is 13.2 Å². The number of aliphatic hydroxyl groups excluding tert-OH is 1. The SMILES string of the molecule is CCOC(=O)Nc1ccc2c(CN(CCO)Cc3cc(Br)ccc3F)cc(=O)oc2c1. The molecule has 1 amide bonds. The van der Waals surface area contributed by atoms with Crippen molar-refractivity contribution in [2.24, 2.45) is 0 Å². The van der Waals surface area contributed by atoms with Gasteiger partial charge < -0.3 is 14.3 Å². The van der Waals surface area contributed by atoms with Crippen molar-refractivity contribution < 1.29 is 23.4 Å². The minimum Gasteiger partial charge on any atom is -0.450 e. The van der Waals surface area contributed by atoms with Gasteiger partial charge in [-0.25, -0.2) is 14.0 Å². The molecule has 0 fully saturated rings. The van der Waals surface area contributed by atoms with Crippen LogP contribution in [0.5, 0.6) is 0 Å². The monoisotopic (exact) mass is 492 g/mol. The molecular weight excluding hydrogens is 471 g/mol. The summed E-state index contributed by atoms with van der Waals surface area (Å²) in [5.41, 5.74) is 1.31. The van der Waals surface area contributed by atoms with Gasteiger partial charge in [0, 0.05) is 52.9 Å². The Kier molecular flexibility index (Phi) is 7.78. The summed E-state index contributed by atoms with van der Waals surface area (Å²) in [5.74, 6) is -0.349. The minimum atomic E-state index is -0.606. The summed E-state index contributed by atoms with van der Waals surface area (Å²) >= 11 is 3.34. The van der Waals surface area contributed by atoms with Crippen molar-refractivity contribution in [2.75, 3.05) is 25.1 Å². The number of benzene rings is 2. The smallest absolute Gasteiger partial charge is 0.411 e. The van der Waals surface area contributed by atoms with E-state index in [9.17, 15) is 19.1 Å². The van der Waals surface area contributed by atoms with E-state index in [0.717, 1.165) is 4.47 Å². The molecule has 164 valence electrons. The molecule has 31 heavy (non-hydrogen) atoms. The van der Waals surface area contributed by atoms with Crippen LogP contribution in [-0.2, 0) is 17.8 Å². The van der Waals surface area contributed by atoms with E-state index < -0.39 is 11.7 Å². The Morgan fingerprint density at radius 2 is 1.97 bits per heavy atom. The molecular formula is C22H22BrFN2O5. The van der Waals surface area contributed by atoms with E-state index in [-0.39, 0.29) is 32.1 Å². The fraction of sp³-hybridized carbons (Fsp3) is 0.273. The van der Waals surface area contributed by atoms with E-state index in [1.807, 2.05) is 4.90 Å². The summed E-state index contributed by atoms with van der Waals surface area (Å²) < 4.78 is 25.1. The fourth-order valence-electron chi connectivity index (χ4n) is 3.23. The fourth-order valence-corrected chi connectivity index (χ4v) is 3.63. The molecule has 0 aliphatic carbocycles. The molecule has 2 N–H and O–H groups in total. The average molecular weight is 493 g/mol. The first-order valence-corrected chi connectivity index (χ1v) is 10.5. The lowest BCUT2D eigenvalue weighted by molar-refractivity contribution is 0.168. The Morgan fingerprint density at radius 3 is 2.71 bits per heavy atom. The van der Waals surface area contributed by atoms with Crippen LogP contribution in [0.3, 0.4) is 0 Å². The number of halogens is 2. The van der Waals surface area contributed by atoms with E-state index >= 15 is 0 Å². The van der Waals surface area contributed by atoms with Crippen molar-refractivity contribution in [1.82, 2.24) is 4.90 Å². The number of hydrogen-bond donors (Lipinski definition) is 2. The quantitative estimate of drug-likeness (QED) is 0.456. The van der Waals surface area contributed by atoms with Gasteiger partial charge in [-0.15, -0.1) is 0 Å². The van der Waals surface area contributed by atoms with E-state index in [2.05, 4.69) is 21.2 Å². The molecule has 0 radical (unpaired) electrons. The van der Waals surface area contributed by atoms with Gasteiger partial charge in [-0.05, 0) is 42.8 Å². The predicted molar refractivity (Wildman–Crippen MR) is 118 cm³/mol. The average Bonchev–Trinajstić information content (AvgIpc) is 2.70. The van der Waals surface area contributed by atoms with E-state index in [0.29, 0.717) is 34.3 Å². The van der Waals surface area contributed by atoms with E-state index in [1.54, 1.807) is 37.3 Å². The molecule has 1 heterocycles. The van der Waals surface area contributed by atoms with Gasteiger partial charge in [-0.2, -0.15) is 0 Å². The molecule has 0 aliphatic heterocycles. The first kappa shape index (κ1) is 22.9. The number of aliphatic hydroxyl groups is 1. The first-order chi connectivity index (χ1) is 14.9. The Balaban J connectivity index is 1.89. The molecule has 9 heteroatoms. The zero-order chi connectivity index (χ0) is 22.4. The lowest BCUT2D eigenvalue weighted by Crippen LogP contribution is -2.27. The highest BCUT2D eigenvalue weighted by Crippen LogP contribution is 2.24. The molecule has 0 bridgehead atoms. The first-order valence-electron chi connectivity index (χ1n) is 9.67. The van der Waals surface area contributed by atoms with Crippen LogP contribution < -0.4 is 10.9 Å². The lowest BCUT2D eigenvalue weighted by atomic mass is 10.1. The Morgan fingerprint density at radius 1 is 1.19 bits per heavy atom. The van der Waals surface area contributed by atoms with E-state index in [1.165, 1.54) is 12.1 Å². The van der Waals surface area contributed by atoms with Gasteiger partial charge in [0.15, 0.2) is 0 Å². The summed E-state index contributed by atoms with van der Waals surface area (Å²) in [6, 6.07) is 11.0. The third-order valence-electron chi connectivity index (χ3n) is 4.56. The summed E-state index contributed by atoms with van der Waals surface area (Å²) in [6.07, 6.45) is -0.606. The number of fused-ring (bicyclic) bond motifs is 1. The highest BCUT2D eigenvalue weighted by Gasteiger charge is 2.14. The van der Waals surface area contributed by atoms with Crippen LogP contribution in [0.25, 0.3) is 11.0 Å². The normalized spacial score (nSPS) is 11.1. The summed E-state index contributed by atoms with van der Waals surface area (Å²) in [4.78, 5) is 25.6. The van der Waals surface area contributed by atoms with Crippen LogP contribution >= 0.6 is 15.9 Å². The number of amides is 1. The number of nitrogens with one attached hydrogen (secondary N) is 1. The molecule has 2 aromatic carbocycles. The van der Waals surface area contributed by atoms with Crippen LogP contribution in [0.4, 0.5) is 14.9 Å². The van der Waals surface area contributed by atoms with Crippen LogP contribution in [0.2, 0.25) is 0 Å². The second-order valence-corrected chi connectivity index (χ2v) is 7.73. The van der Waals surface area contributed by atoms with Gasteiger partial charge in [0.25, 0.3) is 0 Å². The number of hydrogen-bond acceptors (Lipinski definition) is 6. The molecule has 0 saturated carbocycles. The summed E-state index contributed by atoms with van der Waals surface area (Å²) in [6.45, 7) is 2.63. The van der Waals surface area contributed by atoms with Crippen molar-refractivity contribution >= 4 is 38.7 Å². The van der Waals surface area contributed by atoms with Crippen LogP contribution in [0, 0.1) is 5.82 Å². The second kappa shape index (κ2) is 10.5. The number of ether oxygens (including phenoxy) is 1. The van der Waals surface area contributed by atoms with Crippen molar-refractivity contribution in [1.29, 1.82) is 0 Å². The molecule has 7 nitrogen and oxygen atoms in total. The van der Waals surface area contributed by atoms with Crippen LogP contribution in [0.1, 0.15) is 18.1 Å². The topological polar surface area (TPSA) is 92.0 Å². The predicted octanol–water partition coefficient (Wildman–Crippen LogP) is 4.26. The molecule has 0 aliphatic rings. The summed E-state index contributed by atoms with van der Waals surface area (Å²) in [7, 11) is 0. The zero-order valence-corrected chi connectivity index (χ0v) is 18.4. The van der Waals surface area contributed by atoms with Crippen molar-refractivity contribution in [3.05, 3.63) is 74.3 Å². The number of anilines is 1. The van der Waals surface area contributed by atoms with Crippen molar-refractivity contribution in [2.45, 2.75) is 20.0 Å². The highest BCUT2D eigenvalue weighted by molar-refractivity contribution is 9.10. The third kappa shape index (κ3) is 6.13. The van der Waals surface area contributed by atoms with Crippen molar-refractivity contribution in [3.63, 3.8) is 0 Å². The maximum Gasteiger partial charge on any atom is 0.411 e. The van der Waals surface area contributed by atoms with Gasteiger partial charge in [-0.1, -0.05) is 15.9 Å². The molecule has 3 aromatic rings. The molecule has 0 unspecified atom stereocenters. The Bertz CT molecular complexity index is 1130. The molecule has 3 rings (SSSR count). The Hall–Kier alpha value is -2.75. The third-order valence-corrected chi connectivity index (χ3v) is 5.06. The maximum absolute atomic E-state index is 14.2. The molecule has 0 atom stereocenters. The maximum atomic E-state index is 14.2. The second-order valence-electron chi connectivity index (χ2n) is 6.82. The number of rotatable bonds is 8. The summed E-state index contributed by atoms with van der Waals surface area (Å²) in [5, 5.41) is 12.7. The van der Waals surface area contributed by atoms with Gasteiger partial charge in [0.1, 0.15) is 11.4 Å². The van der Waals surface area contributed by atoms with Crippen LogP contribution in [-0.4, -0.2) is 35.9 Å². The number of carbonyl (C=O) groups excluding carboxylic acids is 1. The lowest BCUT2D eigenvalue weighted by Gasteiger charge is -2.22. The largest absolute Gasteiger partial charge is 0.450 e. The van der Waals surface area contributed by atoms with Crippen molar-refractivity contribution in [3.8, 4) is 0 Å². The van der Waals surface area contributed by atoms with Crippen LogP contribution in [0.15, 0.2) is 56.1 Å². The molecule has 1 aromatic heterocycles. The van der Waals surface area contributed by atoms with E-state index in [4.69, 9.17) is 9.15 Å². The number of nitrogens with zero attached hydrogens (tertiary/aromatic N) is 1. The number of carbonyl (C=O) groups is 1. The highest BCUT2D eigenvalue weighted by atomic mass is 79.9. The standard InChI is InChI=1S/C22H22BrFN2O5/c1-2-30-22(29)25-17-4-5-18-14(10-21(28)31-20(18)11-17)12-26(7-8-27)13-15-9-16(23)3-6-19(15)24/h3-6,9-11,27H,2,7-8,12-13H2,1H3,(H,25,29). The minimum absolute atomic E-state index is 0.122. The molecule has 0 saturated heterocycles. The van der Waals surface area contributed by atoms with Gasteiger partial charge in [-0.3, -0.25) is 10.2 Å². The van der Waals surface area contributed by atoms with Gasteiger partial charge in [0.2, 0.25) is 0 Å². The Labute approximate surface area is 186 Å². The zero-order valence-electron chi connectivity index (χ0n) is 16.9.